The second-order valence-electron chi connectivity index (χ2n) is 5.10. The molecule has 0 spiro atoms. The van der Waals surface area contributed by atoms with Gasteiger partial charge in [-0.25, -0.2) is 9.59 Å². The molecule has 1 aliphatic rings. The lowest BCUT2D eigenvalue weighted by atomic mass is 10.1. The highest BCUT2D eigenvalue weighted by Gasteiger charge is 2.38. The van der Waals surface area contributed by atoms with Crippen molar-refractivity contribution < 1.29 is 19.1 Å². The molecule has 0 unspecified atom stereocenters. The first kappa shape index (κ1) is 14.1. The average molecular weight is 275 g/mol. The molecule has 5 heteroatoms. The van der Waals surface area contributed by atoms with Gasteiger partial charge in [0.15, 0.2) is 5.57 Å². The van der Waals surface area contributed by atoms with Gasteiger partial charge in [-0.05, 0) is 12.5 Å². The quantitative estimate of drug-likeness (QED) is 0.518. The molecule has 1 heterocycles. The summed E-state index contributed by atoms with van der Waals surface area (Å²) < 4.78 is 9.97. The lowest BCUT2D eigenvalue weighted by Crippen LogP contribution is -2.42. The van der Waals surface area contributed by atoms with Gasteiger partial charge in [-0.1, -0.05) is 29.8 Å². The van der Waals surface area contributed by atoms with E-state index in [0.717, 1.165) is 5.56 Å². The average Bonchev–Trinajstić information content (AvgIpc) is 2.33. The van der Waals surface area contributed by atoms with E-state index in [-0.39, 0.29) is 5.57 Å². The zero-order chi connectivity index (χ0) is 14.8. The highest BCUT2D eigenvalue weighted by molar-refractivity contribution is 6.15. The normalized spacial score (nSPS) is 17.2. The van der Waals surface area contributed by atoms with Crippen molar-refractivity contribution in [3.63, 3.8) is 0 Å². The maximum absolute atomic E-state index is 11.7. The van der Waals surface area contributed by atoms with Crippen LogP contribution < -0.4 is 5.32 Å². The molecule has 0 amide bonds. The summed E-state index contributed by atoms with van der Waals surface area (Å²) in [5.74, 6) is -2.56. The van der Waals surface area contributed by atoms with Gasteiger partial charge < -0.3 is 14.8 Å². The molecule has 1 N–H and O–H groups in total. The number of carbonyl (C=O) groups is 2. The summed E-state index contributed by atoms with van der Waals surface area (Å²) in [7, 11) is 0. The molecule has 0 aromatic heterocycles. The van der Waals surface area contributed by atoms with Gasteiger partial charge >= 0.3 is 11.9 Å². The van der Waals surface area contributed by atoms with Crippen LogP contribution in [0, 0.1) is 6.92 Å². The van der Waals surface area contributed by atoms with Gasteiger partial charge in [0, 0.05) is 26.6 Å². The van der Waals surface area contributed by atoms with Gasteiger partial charge in [0.1, 0.15) is 0 Å². The summed E-state index contributed by atoms with van der Waals surface area (Å²) >= 11 is 0. The van der Waals surface area contributed by atoms with Crippen LogP contribution in [-0.4, -0.2) is 17.7 Å². The van der Waals surface area contributed by atoms with Crippen molar-refractivity contribution in [2.45, 2.75) is 33.1 Å². The predicted octanol–water partition coefficient (Wildman–Crippen LogP) is 1.80. The summed E-state index contributed by atoms with van der Waals surface area (Å²) in [6.07, 6.45) is 1.33. The molecule has 0 atom stereocenters. The number of rotatable bonds is 3. The van der Waals surface area contributed by atoms with Crippen LogP contribution in [0.15, 0.2) is 36.0 Å². The van der Waals surface area contributed by atoms with Crippen LogP contribution in [0.5, 0.6) is 0 Å². The number of aryl methyl sites for hydroxylation is 1. The first-order valence-corrected chi connectivity index (χ1v) is 6.33. The van der Waals surface area contributed by atoms with Gasteiger partial charge in [-0.15, -0.1) is 0 Å². The zero-order valence-corrected chi connectivity index (χ0v) is 11.7. The van der Waals surface area contributed by atoms with Crippen LogP contribution in [0.4, 0.5) is 0 Å². The maximum atomic E-state index is 11.7. The third-order valence-corrected chi connectivity index (χ3v) is 2.79. The Labute approximate surface area is 117 Å². The van der Waals surface area contributed by atoms with Gasteiger partial charge in [0.2, 0.25) is 0 Å². The first-order valence-electron chi connectivity index (χ1n) is 6.33. The van der Waals surface area contributed by atoms with E-state index in [0.29, 0.717) is 6.54 Å². The Morgan fingerprint density at radius 1 is 1.10 bits per heavy atom. The van der Waals surface area contributed by atoms with E-state index in [9.17, 15) is 9.59 Å². The minimum absolute atomic E-state index is 0.128. The van der Waals surface area contributed by atoms with Crippen molar-refractivity contribution in [1.82, 2.24) is 5.32 Å². The third kappa shape index (κ3) is 3.38. The van der Waals surface area contributed by atoms with E-state index in [1.165, 1.54) is 25.6 Å². The first-order chi connectivity index (χ1) is 9.37. The lowest BCUT2D eigenvalue weighted by Gasteiger charge is -2.29. The third-order valence-electron chi connectivity index (χ3n) is 2.79. The number of nitrogens with one attached hydrogen (secondary N) is 1. The van der Waals surface area contributed by atoms with Crippen LogP contribution >= 0.6 is 0 Å². The summed E-state index contributed by atoms with van der Waals surface area (Å²) in [4.78, 5) is 23.4. The van der Waals surface area contributed by atoms with Gasteiger partial charge in [0.25, 0.3) is 5.79 Å². The van der Waals surface area contributed by atoms with Gasteiger partial charge in [-0.2, -0.15) is 0 Å². The number of cyclic esters (lactones) is 2. The van der Waals surface area contributed by atoms with Crippen molar-refractivity contribution in [3.8, 4) is 0 Å². The fourth-order valence-corrected chi connectivity index (χ4v) is 1.76. The van der Waals surface area contributed by atoms with Crippen LogP contribution in [0.25, 0.3) is 0 Å². The smallest absolute Gasteiger partial charge is 0.350 e. The number of ether oxygens (including phenoxy) is 2. The Morgan fingerprint density at radius 2 is 1.65 bits per heavy atom. The molecule has 1 aromatic carbocycles. The van der Waals surface area contributed by atoms with Gasteiger partial charge in [0.05, 0.1) is 0 Å². The Bertz CT molecular complexity index is 536. The monoisotopic (exact) mass is 275 g/mol. The van der Waals surface area contributed by atoms with E-state index in [1.807, 2.05) is 31.2 Å². The summed E-state index contributed by atoms with van der Waals surface area (Å²) in [6.45, 7) is 5.54. The second kappa shape index (κ2) is 5.36. The molecule has 1 aliphatic heterocycles. The Balaban J connectivity index is 1.99. The summed E-state index contributed by atoms with van der Waals surface area (Å²) in [5.41, 5.74) is 2.09. The number of hydrogen-bond acceptors (Lipinski definition) is 5. The summed E-state index contributed by atoms with van der Waals surface area (Å²) in [6, 6.07) is 7.94. The molecule has 20 heavy (non-hydrogen) atoms. The van der Waals surface area contributed by atoms with Crippen molar-refractivity contribution in [3.05, 3.63) is 47.2 Å². The summed E-state index contributed by atoms with van der Waals surface area (Å²) in [5, 5.41) is 2.92. The number of esters is 2. The molecule has 106 valence electrons. The molecule has 0 saturated carbocycles. The largest absolute Gasteiger partial charge is 0.419 e. The highest BCUT2D eigenvalue weighted by Crippen LogP contribution is 2.22. The molecule has 2 rings (SSSR count). The minimum Gasteiger partial charge on any atom is -0.419 e. The predicted molar refractivity (Wildman–Crippen MR) is 72.4 cm³/mol. The number of hydrogen-bond donors (Lipinski definition) is 1. The van der Waals surface area contributed by atoms with E-state index in [4.69, 9.17) is 9.47 Å². The Morgan fingerprint density at radius 3 is 2.20 bits per heavy atom. The van der Waals surface area contributed by atoms with Crippen LogP contribution in [0.2, 0.25) is 0 Å². The van der Waals surface area contributed by atoms with E-state index < -0.39 is 17.7 Å². The minimum atomic E-state index is -1.21. The van der Waals surface area contributed by atoms with Crippen molar-refractivity contribution in [2.75, 3.05) is 0 Å². The fourth-order valence-electron chi connectivity index (χ4n) is 1.76. The number of benzene rings is 1. The number of carbonyl (C=O) groups excluding carboxylic acids is 2. The van der Waals surface area contributed by atoms with E-state index in [2.05, 4.69) is 5.32 Å². The molecular formula is C15H17NO4. The highest BCUT2D eigenvalue weighted by atomic mass is 16.7. The molecule has 1 aromatic rings. The topological polar surface area (TPSA) is 64.6 Å². The molecule has 1 fully saturated rings. The Hall–Kier alpha value is -2.30. The lowest BCUT2D eigenvalue weighted by molar-refractivity contribution is -0.222. The maximum Gasteiger partial charge on any atom is 0.350 e. The van der Waals surface area contributed by atoms with Crippen LogP contribution in [-0.2, 0) is 25.6 Å². The molecule has 1 saturated heterocycles. The van der Waals surface area contributed by atoms with Gasteiger partial charge in [-0.3, -0.25) is 0 Å². The van der Waals surface area contributed by atoms with E-state index >= 15 is 0 Å². The molecule has 0 bridgehead atoms. The van der Waals surface area contributed by atoms with Crippen LogP contribution in [0.1, 0.15) is 25.0 Å². The van der Waals surface area contributed by atoms with Crippen molar-refractivity contribution >= 4 is 11.9 Å². The molecule has 0 aliphatic carbocycles. The van der Waals surface area contributed by atoms with Crippen LogP contribution in [0.3, 0.4) is 0 Å². The molecular weight excluding hydrogens is 258 g/mol. The molecule has 5 nitrogen and oxygen atoms in total. The zero-order valence-electron chi connectivity index (χ0n) is 11.7. The Kier molecular flexibility index (Phi) is 3.79. The SMILES string of the molecule is Cc1ccc(CNC=C2C(=O)OC(C)(C)OC2=O)cc1. The van der Waals surface area contributed by atoms with E-state index in [1.54, 1.807) is 0 Å². The van der Waals surface area contributed by atoms with Crippen molar-refractivity contribution in [2.24, 2.45) is 0 Å². The second-order valence-corrected chi connectivity index (χ2v) is 5.10. The molecule has 0 radical (unpaired) electrons. The standard InChI is InChI=1S/C15H17NO4/c1-10-4-6-11(7-5-10)8-16-9-12-13(17)19-15(2,3)20-14(12)18/h4-7,9,16H,8H2,1-3H3. The van der Waals surface area contributed by atoms with Crippen molar-refractivity contribution in [1.29, 1.82) is 0 Å². The fraction of sp³-hybridized carbons (Fsp3) is 0.333.